The molecular weight excluding hydrogens is 375 g/mol. The van der Waals surface area contributed by atoms with E-state index in [1.807, 2.05) is 25.1 Å². The molecule has 2 amide bonds. The summed E-state index contributed by atoms with van der Waals surface area (Å²) < 4.78 is 25.5. The summed E-state index contributed by atoms with van der Waals surface area (Å²) >= 11 is 0. The molecule has 0 saturated carbocycles. The number of likely N-dealkylation sites (N-methyl/N-ethyl adjacent to an activating group) is 1. The molecule has 0 spiro atoms. The zero-order valence-corrected chi connectivity index (χ0v) is 16.6. The molecule has 1 heterocycles. The van der Waals surface area contributed by atoms with Crippen molar-refractivity contribution >= 4 is 12.0 Å². The van der Waals surface area contributed by atoms with Crippen LogP contribution in [0.5, 0.6) is 5.75 Å². The van der Waals surface area contributed by atoms with Crippen molar-refractivity contribution in [3.63, 3.8) is 0 Å². The van der Waals surface area contributed by atoms with Gasteiger partial charge in [0.15, 0.2) is 0 Å². The van der Waals surface area contributed by atoms with Crippen LogP contribution in [0, 0.1) is 12.7 Å². The molecule has 2 aromatic carbocycles. The predicted octanol–water partition coefficient (Wildman–Crippen LogP) is 3.73. The third kappa shape index (κ3) is 4.39. The summed E-state index contributed by atoms with van der Waals surface area (Å²) in [5.74, 6) is -0.555. The zero-order chi connectivity index (χ0) is 21.0. The SMILES string of the molecule is CCOC(=O)C1=C(COc2cccc(C)c2)N(C)C(=O)N[C@H]1c1ccccc1F. The Labute approximate surface area is 168 Å². The number of hydrogen-bond donors (Lipinski definition) is 1. The summed E-state index contributed by atoms with van der Waals surface area (Å²) in [7, 11) is 1.53. The number of esters is 1. The summed E-state index contributed by atoms with van der Waals surface area (Å²) in [5, 5.41) is 2.68. The van der Waals surface area contributed by atoms with Gasteiger partial charge in [-0.2, -0.15) is 0 Å². The van der Waals surface area contributed by atoms with Crippen LogP contribution in [0.1, 0.15) is 24.1 Å². The third-order valence-electron chi connectivity index (χ3n) is 4.65. The van der Waals surface area contributed by atoms with E-state index in [-0.39, 0.29) is 24.4 Å². The van der Waals surface area contributed by atoms with Crippen molar-refractivity contribution in [3.8, 4) is 5.75 Å². The first-order valence-corrected chi connectivity index (χ1v) is 9.30. The molecule has 6 nitrogen and oxygen atoms in total. The summed E-state index contributed by atoms with van der Waals surface area (Å²) in [4.78, 5) is 26.6. The highest BCUT2D eigenvalue weighted by Crippen LogP contribution is 2.32. The van der Waals surface area contributed by atoms with Crippen LogP contribution < -0.4 is 10.1 Å². The molecule has 0 saturated heterocycles. The number of urea groups is 1. The van der Waals surface area contributed by atoms with Crippen molar-refractivity contribution in [3.05, 3.63) is 76.7 Å². The largest absolute Gasteiger partial charge is 0.487 e. The summed E-state index contributed by atoms with van der Waals surface area (Å²) in [5.41, 5.74) is 1.67. The van der Waals surface area contributed by atoms with Crippen LogP contribution in [0.4, 0.5) is 9.18 Å². The molecule has 0 aliphatic carbocycles. The standard InChI is InChI=1S/C22H23FN2O4/c1-4-28-21(26)19-18(13-29-15-9-7-8-14(2)12-15)25(3)22(27)24-20(19)16-10-5-6-11-17(16)23/h5-12,20H,4,13H2,1-3H3,(H,24,27)/t20-/m0/s1. The molecule has 3 rings (SSSR count). The fraction of sp³-hybridized carbons (Fsp3) is 0.273. The number of carbonyl (C=O) groups excluding carboxylic acids is 2. The van der Waals surface area contributed by atoms with Crippen molar-refractivity contribution in [1.29, 1.82) is 0 Å². The molecule has 0 aromatic heterocycles. The van der Waals surface area contributed by atoms with Gasteiger partial charge in [0.2, 0.25) is 0 Å². The number of nitrogens with zero attached hydrogens (tertiary/aromatic N) is 1. The number of carbonyl (C=O) groups is 2. The number of nitrogens with one attached hydrogen (secondary N) is 1. The van der Waals surface area contributed by atoms with Gasteiger partial charge >= 0.3 is 12.0 Å². The minimum Gasteiger partial charge on any atom is -0.487 e. The van der Waals surface area contributed by atoms with E-state index in [9.17, 15) is 14.0 Å². The van der Waals surface area contributed by atoms with E-state index in [1.54, 1.807) is 25.1 Å². The van der Waals surface area contributed by atoms with Gasteiger partial charge in [0.25, 0.3) is 0 Å². The predicted molar refractivity (Wildman–Crippen MR) is 106 cm³/mol. The quantitative estimate of drug-likeness (QED) is 0.753. The molecule has 1 atom stereocenters. The summed E-state index contributed by atoms with van der Waals surface area (Å²) in [6, 6.07) is 12.0. The van der Waals surface area contributed by atoms with Crippen molar-refractivity contribution < 1.29 is 23.5 Å². The molecule has 0 radical (unpaired) electrons. The molecule has 152 valence electrons. The van der Waals surface area contributed by atoms with Gasteiger partial charge in [-0.15, -0.1) is 0 Å². The lowest BCUT2D eigenvalue weighted by atomic mass is 9.94. The van der Waals surface area contributed by atoms with E-state index < -0.39 is 23.9 Å². The highest BCUT2D eigenvalue weighted by molar-refractivity contribution is 5.95. The van der Waals surface area contributed by atoms with Gasteiger partial charge in [-0.3, -0.25) is 4.90 Å². The van der Waals surface area contributed by atoms with Gasteiger partial charge in [-0.05, 0) is 37.6 Å². The minimum absolute atomic E-state index is 0.0491. The number of rotatable bonds is 6. The second-order valence-corrected chi connectivity index (χ2v) is 6.65. The van der Waals surface area contributed by atoms with E-state index in [2.05, 4.69) is 5.32 Å². The molecular formula is C22H23FN2O4. The number of aryl methyl sites for hydroxylation is 1. The van der Waals surface area contributed by atoms with Crippen molar-refractivity contribution in [1.82, 2.24) is 10.2 Å². The number of hydrogen-bond acceptors (Lipinski definition) is 4. The lowest BCUT2D eigenvalue weighted by Gasteiger charge is -2.34. The molecule has 0 bridgehead atoms. The molecule has 7 heteroatoms. The van der Waals surface area contributed by atoms with Crippen LogP contribution in [-0.4, -0.2) is 37.2 Å². The van der Waals surface area contributed by atoms with E-state index in [1.165, 1.54) is 24.1 Å². The second kappa shape index (κ2) is 8.77. The maximum atomic E-state index is 14.5. The van der Waals surface area contributed by atoms with Crippen LogP contribution in [0.15, 0.2) is 59.8 Å². The minimum atomic E-state index is -0.977. The van der Waals surface area contributed by atoms with Crippen LogP contribution >= 0.6 is 0 Å². The van der Waals surface area contributed by atoms with Gasteiger partial charge in [0.05, 0.1) is 23.9 Å². The highest BCUT2D eigenvalue weighted by atomic mass is 19.1. The Hall–Kier alpha value is -3.35. The maximum absolute atomic E-state index is 14.5. The van der Waals surface area contributed by atoms with Crippen LogP contribution in [0.3, 0.4) is 0 Å². The smallest absolute Gasteiger partial charge is 0.338 e. The van der Waals surface area contributed by atoms with Gasteiger partial charge in [-0.1, -0.05) is 30.3 Å². The second-order valence-electron chi connectivity index (χ2n) is 6.65. The Bertz CT molecular complexity index is 957. The molecule has 1 N–H and O–H groups in total. The van der Waals surface area contributed by atoms with Crippen LogP contribution in [0.25, 0.3) is 0 Å². The topological polar surface area (TPSA) is 67.9 Å². The Balaban J connectivity index is 2.05. The molecule has 1 aliphatic rings. The average Bonchev–Trinajstić information content (AvgIpc) is 2.69. The summed E-state index contributed by atoms with van der Waals surface area (Å²) in [6.45, 7) is 3.72. The van der Waals surface area contributed by atoms with E-state index in [0.717, 1.165) is 5.56 Å². The summed E-state index contributed by atoms with van der Waals surface area (Å²) in [6.07, 6.45) is 0. The molecule has 1 aliphatic heterocycles. The molecule has 0 fully saturated rings. The lowest BCUT2D eigenvalue weighted by molar-refractivity contribution is -0.139. The number of halogens is 1. The first-order valence-electron chi connectivity index (χ1n) is 9.30. The van der Waals surface area contributed by atoms with E-state index >= 15 is 0 Å². The number of ether oxygens (including phenoxy) is 2. The van der Waals surface area contributed by atoms with E-state index in [0.29, 0.717) is 11.4 Å². The third-order valence-corrected chi connectivity index (χ3v) is 4.65. The highest BCUT2D eigenvalue weighted by Gasteiger charge is 2.38. The lowest BCUT2D eigenvalue weighted by Crippen LogP contribution is -2.48. The van der Waals surface area contributed by atoms with Crippen molar-refractivity contribution in [2.24, 2.45) is 0 Å². The van der Waals surface area contributed by atoms with Gasteiger partial charge in [0.1, 0.15) is 18.2 Å². The van der Waals surface area contributed by atoms with Gasteiger partial charge in [-0.25, -0.2) is 14.0 Å². The van der Waals surface area contributed by atoms with Crippen LogP contribution in [0.2, 0.25) is 0 Å². The number of amides is 2. The Morgan fingerprint density at radius 1 is 1.21 bits per heavy atom. The van der Waals surface area contributed by atoms with Crippen molar-refractivity contribution in [2.45, 2.75) is 19.9 Å². The van der Waals surface area contributed by atoms with E-state index in [4.69, 9.17) is 9.47 Å². The fourth-order valence-corrected chi connectivity index (χ4v) is 3.18. The molecule has 0 unspecified atom stereocenters. The van der Waals surface area contributed by atoms with Gasteiger partial charge in [0, 0.05) is 12.6 Å². The monoisotopic (exact) mass is 398 g/mol. The van der Waals surface area contributed by atoms with Crippen molar-refractivity contribution in [2.75, 3.05) is 20.3 Å². The Morgan fingerprint density at radius 3 is 2.66 bits per heavy atom. The first kappa shape index (κ1) is 20.4. The first-order chi connectivity index (χ1) is 13.9. The Morgan fingerprint density at radius 2 is 1.97 bits per heavy atom. The van der Waals surface area contributed by atoms with Gasteiger partial charge < -0.3 is 14.8 Å². The molecule has 29 heavy (non-hydrogen) atoms. The normalized spacial score (nSPS) is 16.5. The van der Waals surface area contributed by atoms with Crippen LogP contribution in [-0.2, 0) is 9.53 Å². The average molecular weight is 398 g/mol. The maximum Gasteiger partial charge on any atom is 0.338 e. The fourth-order valence-electron chi connectivity index (χ4n) is 3.18. The number of benzene rings is 2. The Kier molecular flexibility index (Phi) is 6.16. The molecule has 2 aromatic rings. The zero-order valence-electron chi connectivity index (χ0n) is 16.6.